The summed E-state index contributed by atoms with van der Waals surface area (Å²) in [4.78, 5) is 22.7. The SMILES string of the molecule is C#CC(CC)NC(=O)C1C(C(=O)O)C1(C)C. The van der Waals surface area contributed by atoms with E-state index in [9.17, 15) is 9.59 Å². The van der Waals surface area contributed by atoms with Crippen molar-refractivity contribution < 1.29 is 14.7 Å². The lowest BCUT2D eigenvalue weighted by Gasteiger charge is -2.11. The monoisotopic (exact) mass is 223 g/mol. The van der Waals surface area contributed by atoms with Crippen LogP contribution in [0.5, 0.6) is 0 Å². The molecule has 4 nitrogen and oxygen atoms in total. The maximum atomic E-state index is 11.8. The molecule has 3 unspecified atom stereocenters. The van der Waals surface area contributed by atoms with Gasteiger partial charge < -0.3 is 10.4 Å². The third kappa shape index (κ3) is 2.04. The molecule has 0 aromatic carbocycles. The summed E-state index contributed by atoms with van der Waals surface area (Å²) in [5.41, 5.74) is -0.469. The van der Waals surface area contributed by atoms with E-state index in [0.717, 1.165) is 0 Å². The van der Waals surface area contributed by atoms with E-state index in [-0.39, 0.29) is 11.9 Å². The van der Waals surface area contributed by atoms with Gasteiger partial charge in [0.15, 0.2) is 0 Å². The molecule has 2 N–H and O–H groups in total. The molecule has 0 aromatic rings. The second-order valence-electron chi connectivity index (χ2n) is 4.75. The van der Waals surface area contributed by atoms with Crippen LogP contribution in [0, 0.1) is 29.6 Å². The largest absolute Gasteiger partial charge is 0.481 e. The van der Waals surface area contributed by atoms with Crippen molar-refractivity contribution in [2.24, 2.45) is 17.3 Å². The number of aliphatic carboxylic acids is 1. The Hall–Kier alpha value is -1.50. The van der Waals surface area contributed by atoms with Crippen LogP contribution in [0.4, 0.5) is 0 Å². The van der Waals surface area contributed by atoms with E-state index >= 15 is 0 Å². The Kier molecular flexibility index (Phi) is 3.27. The van der Waals surface area contributed by atoms with Crippen molar-refractivity contribution in [3.05, 3.63) is 0 Å². The lowest BCUT2D eigenvalue weighted by Crippen LogP contribution is -2.35. The molecule has 0 heterocycles. The van der Waals surface area contributed by atoms with Crippen LogP contribution in [0.1, 0.15) is 27.2 Å². The minimum atomic E-state index is -0.918. The molecule has 0 saturated heterocycles. The maximum absolute atomic E-state index is 11.8. The normalized spacial score (nSPS) is 27.6. The van der Waals surface area contributed by atoms with Crippen molar-refractivity contribution in [2.75, 3.05) is 0 Å². The number of hydrogen-bond acceptors (Lipinski definition) is 2. The van der Waals surface area contributed by atoms with Crippen LogP contribution >= 0.6 is 0 Å². The first-order chi connectivity index (χ1) is 7.36. The van der Waals surface area contributed by atoms with E-state index in [1.165, 1.54) is 0 Å². The summed E-state index contributed by atoms with van der Waals surface area (Å²) in [5, 5.41) is 11.6. The molecule has 0 spiro atoms. The molecule has 0 aliphatic heterocycles. The molecule has 0 aromatic heterocycles. The smallest absolute Gasteiger partial charge is 0.307 e. The van der Waals surface area contributed by atoms with Crippen molar-refractivity contribution >= 4 is 11.9 Å². The molecule has 0 bridgehead atoms. The highest BCUT2D eigenvalue weighted by atomic mass is 16.4. The van der Waals surface area contributed by atoms with Crippen molar-refractivity contribution in [3.8, 4) is 12.3 Å². The molecule has 1 amide bonds. The van der Waals surface area contributed by atoms with Crippen molar-refractivity contribution in [1.82, 2.24) is 5.32 Å². The zero-order valence-corrected chi connectivity index (χ0v) is 9.78. The molecule has 1 saturated carbocycles. The van der Waals surface area contributed by atoms with E-state index < -0.39 is 23.2 Å². The molecular formula is C12H17NO3. The molecular weight excluding hydrogens is 206 g/mol. The topological polar surface area (TPSA) is 66.4 Å². The number of terminal acetylenes is 1. The summed E-state index contributed by atoms with van der Waals surface area (Å²) in [6.07, 6.45) is 5.88. The van der Waals surface area contributed by atoms with Crippen LogP contribution in [0.3, 0.4) is 0 Å². The predicted octanol–water partition coefficient (Wildman–Crippen LogP) is 0.871. The summed E-state index contributed by atoms with van der Waals surface area (Å²) in [5.74, 6) is 0.232. The van der Waals surface area contributed by atoms with Crippen LogP contribution in [0.25, 0.3) is 0 Å². The zero-order chi connectivity index (χ0) is 12.5. The van der Waals surface area contributed by atoms with Crippen molar-refractivity contribution in [2.45, 2.75) is 33.2 Å². The van der Waals surface area contributed by atoms with Gasteiger partial charge in [-0.2, -0.15) is 0 Å². The average molecular weight is 223 g/mol. The minimum Gasteiger partial charge on any atom is -0.481 e. The summed E-state index contributed by atoms with van der Waals surface area (Å²) in [7, 11) is 0. The van der Waals surface area contributed by atoms with Gasteiger partial charge in [-0.05, 0) is 11.8 Å². The highest BCUT2D eigenvalue weighted by Gasteiger charge is 2.65. The summed E-state index contributed by atoms with van der Waals surface area (Å²) < 4.78 is 0. The quantitative estimate of drug-likeness (QED) is 0.695. The standard InChI is InChI=1S/C12H17NO3/c1-5-7(6-2)13-10(14)8-9(11(15)16)12(8,3)4/h1,7-9H,6H2,2-4H3,(H,13,14)(H,15,16). The number of carbonyl (C=O) groups is 2. The van der Waals surface area contributed by atoms with Gasteiger partial charge in [-0.15, -0.1) is 6.42 Å². The van der Waals surface area contributed by atoms with E-state index in [2.05, 4.69) is 11.2 Å². The molecule has 1 fully saturated rings. The fraction of sp³-hybridized carbons (Fsp3) is 0.667. The number of carbonyl (C=O) groups excluding carboxylic acids is 1. The van der Waals surface area contributed by atoms with E-state index in [1.807, 2.05) is 6.92 Å². The van der Waals surface area contributed by atoms with Gasteiger partial charge in [0.2, 0.25) is 5.91 Å². The Balaban J connectivity index is 2.65. The number of carboxylic acid groups (broad SMARTS) is 1. The van der Waals surface area contributed by atoms with Crippen molar-refractivity contribution in [1.29, 1.82) is 0 Å². The first-order valence-corrected chi connectivity index (χ1v) is 5.35. The van der Waals surface area contributed by atoms with E-state index in [4.69, 9.17) is 11.5 Å². The van der Waals surface area contributed by atoms with Crippen LogP contribution in [0.2, 0.25) is 0 Å². The van der Waals surface area contributed by atoms with Gasteiger partial charge in [0, 0.05) is 0 Å². The Morgan fingerprint density at radius 1 is 1.50 bits per heavy atom. The first kappa shape index (κ1) is 12.6. The molecule has 16 heavy (non-hydrogen) atoms. The molecule has 1 rings (SSSR count). The van der Waals surface area contributed by atoms with Gasteiger partial charge in [-0.3, -0.25) is 9.59 Å². The molecule has 1 aliphatic carbocycles. The van der Waals surface area contributed by atoms with Gasteiger partial charge in [0.25, 0.3) is 0 Å². The second kappa shape index (κ2) is 4.17. The Morgan fingerprint density at radius 3 is 2.38 bits per heavy atom. The predicted molar refractivity (Wildman–Crippen MR) is 59.5 cm³/mol. The fourth-order valence-corrected chi connectivity index (χ4v) is 2.11. The number of carboxylic acids is 1. The Morgan fingerprint density at radius 2 is 2.06 bits per heavy atom. The van der Waals surface area contributed by atoms with Gasteiger partial charge in [-0.25, -0.2) is 0 Å². The lowest BCUT2D eigenvalue weighted by molar-refractivity contribution is -0.140. The van der Waals surface area contributed by atoms with Gasteiger partial charge in [-0.1, -0.05) is 26.7 Å². The highest BCUT2D eigenvalue weighted by Crippen LogP contribution is 2.58. The van der Waals surface area contributed by atoms with E-state index in [0.29, 0.717) is 6.42 Å². The van der Waals surface area contributed by atoms with Gasteiger partial charge in [0.05, 0.1) is 17.9 Å². The maximum Gasteiger partial charge on any atom is 0.307 e. The van der Waals surface area contributed by atoms with Crippen molar-refractivity contribution in [3.63, 3.8) is 0 Å². The second-order valence-corrected chi connectivity index (χ2v) is 4.75. The van der Waals surface area contributed by atoms with Crippen LogP contribution in [-0.4, -0.2) is 23.0 Å². The van der Waals surface area contributed by atoms with Crippen LogP contribution in [0.15, 0.2) is 0 Å². The molecule has 1 aliphatic rings. The Bertz CT molecular complexity index is 354. The van der Waals surface area contributed by atoms with Crippen LogP contribution in [-0.2, 0) is 9.59 Å². The first-order valence-electron chi connectivity index (χ1n) is 5.35. The number of rotatable bonds is 4. The molecule has 0 radical (unpaired) electrons. The number of amides is 1. The average Bonchev–Trinajstić information content (AvgIpc) is 2.78. The third-order valence-electron chi connectivity index (χ3n) is 3.30. The van der Waals surface area contributed by atoms with Gasteiger partial charge in [0.1, 0.15) is 0 Å². The summed E-state index contributed by atoms with van der Waals surface area (Å²) in [6.45, 7) is 5.44. The Labute approximate surface area is 95.4 Å². The lowest BCUT2D eigenvalue weighted by atomic mass is 10.1. The molecule has 88 valence electrons. The number of hydrogen-bond donors (Lipinski definition) is 2. The third-order valence-corrected chi connectivity index (χ3v) is 3.30. The molecule has 3 atom stereocenters. The van der Waals surface area contributed by atoms with Gasteiger partial charge >= 0.3 is 5.97 Å². The summed E-state index contributed by atoms with van der Waals surface area (Å²) >= 11 is 0. The van der Waals surface area contributed by atoms with Crippen LogP contribution < -0.4 is 5.32 Å². The van der Waals surface area contributed by atoms with E-state index in [1.54, 1.807) is 13.8 Å². The highest BCUT2D eigenvalue weighted by molar-refractivity contribution is 5.91. The minimum absolute atomic E-state index is 0.248. The number of nitrogens with one attached hydrogen (secondary N) is 1. The summed E-state index contributed by atoms with van der Waals surface area (Å²) in [6, 6.07) is -0.307. The zero-order valence-electron chi connectivity index (χ0n) is 9.78. The fourth-order valence-electron chi connectivity index (χ4n) is 2.11. The molecule has 4 heteroatoms.